The molecule has 1 unspecified atom stereocenters. The fourth-order valence-electron chi connectivity index (χ4n) is 1.88. The van der Waals surface area contributed by atoms with Crippen molar-refractivity contribution in [1.29, 1.82) is 0 Å². The Labute approximate surface area is 152 Å². The number of thiazole rings is 1. The van der Waals surface area contributed by atoms with Crippen LogP contribution in [-0.4, -0.2) is 34.5 Å². The molecule has 0 fully saturated rings. The second-order valence-corrected chi connectivity index (χ2v) is 7.91. The maximum absolute atomic E-state index is 12.4. The van der Waals surface area contributed by atoms with E-state index in [0.717, 1.165) is 0 Å². The van der Waals surface area contributed by atoms with Crippen LogP contribution in [0.4, 0.5) is 4.79 Å². The summed E-state index contributed by atoms with van der Waals surface area (Å²) in [5.41, 5.74) is -0.0685. The SMILES string of the molecule is CC(=O)OCc1csc(C(=O)CC(NC(=O)OC(C)(C)C)C(C)C)n1. The van der Waals surface area contributed by atoms with E-state index in [1.807, 2.05) is 13.8 Å². The fourth-order valence-corrected chi connectivity index (χ4v) is 2.63. The lowest BCUT2D eigenvalue weighted by Gasteiger charge is -2.25. The number of nitrogens with one attached hydrogen (secondary N) is 1. The third-order valence-electron chi connectivity index (χ3n) is 3.13. The molecule has 140 valence electrons. The molecular weight excluding hydrogens is 344 g/mol. The summed E-state index contributed by atoms with van der Waals surface area (Å²) < 4.78 is 10.1. The van der Waals surface area contributed by atoms with Crippen LogP contribution in [0.15, 0.2) is 5.38 Å². The average Bonchev–Trinajstić information content (AvgIpc) is 2.91. The highest BCUT2D eigenvalue weighted by molar-refractivity contribution is 7.11. The summed E-state index contributed by atoms with van der Waals surface area (Å²) in [6, 6.07) is -0.358. The first-order chi connectivity index (χ1) is 11.5. The van der Waals surface area contributed by atoms with E-state index >= 15 is 0 Å². The highest BCUT2D eigenvalue weighted by Gasteiger charge is 2.25. The van der Waals surface area contributed by atoms with Crippen LogP contribution in [0.2, 0.25) is 0 Å². The molecule has 0 saturated carbocycles. The number of esters is 1. The van der Waals surface area contributed by atoms with Crippen molar-refractivity contribution in [3.8, 4) is 0 Å². The first kappa shape index (κ1) is 21.1. The lowest BCUT2D eigenvalue weighted by atomic mass is 9.99. The predicted octanol–water partition coefficient (Wildman–Crippen LogP) is 3.33. The van der Waals surface area contributed by atoms with Gasteiger partial charge in [-0.25, -0.2) is 9.78 Å². The van der Waals surface area contributed by atoms with Gasteiger partial charge in [0.1, 0.15) is 12.2 Å². The van der Waals surface area contributed by atoms with Crippen LogP contribution < -0.4 is 5.32 Å². The molecule has 1 aromatic rings. The number of ketones is 1. The largest absolute Gasteiger partial charge is 0.459 e. The quantitative estimate of drug-likeness (QED) is 0.584. The Morgan fingerprint density at radius 3 is 2.44 bits per heavy atom. The monoisotopic (exact) mass is 370 g/mol. The summed E-state index contributed by atoms with van der Waals surface area (Å²) in [5.74, 6) is -0.520. The van der Waals surface area contributed by atoms with Crippen molar-refractivity contribution in [3.63, 3.8) is 0 Å². The summed E-state index contributed by atoms with van der Waals surface area (Å²) in [6.45, 7) is 10.5. The van der Waals surface area contributed by atoms with Crippen molar-refractivity contribution < 1.29 is 23.9 Å². The third-order valence-corrected chi connectivity index (χ3v) is 4.06. The van der Waals surface area contributed by atoms with Gasteiger partial charge >= 0.3 is 12.1 Å². The molecule has 0 saturated heterocycles. The van der Waals surface area contributed by atoms with Crippen LogP contribution in [0.5, 0.6) is 0 Å². The molecule has 0 radical (unpaired) electrons. The van der Waals surface area contributed by atoms with Crippen LogP contribution in [0.25, 0.3) is 0 Å². The standard InChI is InChI=1S/C17H26N2O5S/c1-10(2)13(19-16(22)24-17(4,5)6)7-14(21)15-18-12(9-25-15)8-23-11(3)20/h9-10,13H,7-8H2,1-6H3,(H,19,22). The van der Waals surface area contributed by atoms with Gasteiger partial charge in [-0.1, -0.05) is 13.8 Å². The molecule has 1 amide bonds. The first-order valence-corrected chi connectivity index (χ1v) is 8.96. The van der Waals surface area contributed by atoms with Gasteiger partial charge in [-0.15, -0.1) is 11.3 Å². The molecule has 7 nitrogen and oxygen atoms in total. The van der Waals surface area contributed by atoms with Crippen molar-refractivity contribution in [1.82, 2.24) is 10.3 Å². The number of carbonyl (C=O) groups is 3. The molecule has 1 heterocycles. The summed E-state index contributed by atoms with van der Waals surface area (Å²) >= 11 is 1.20. The molecule has 0 aromatic carbocycles. The minimum Gasteiger partial charge on any atom is -0.459 e. The summed E-state index contributed by atoms with van der Waals surface area (Å²) in [7, 11) is 0. The Balaban J connectivity index is 2.67. The number of nitrogens with zero attached hydrogens (tertiary/aromatic N) is 1. The van der Waals surface area contributed by atoms with Crippen molar-refractivity contribution in [2.45, 2.75) is 66.2 Å². The molecule has 0 aliphatic rings. The number of amides is 1. The Kier molecular flexibility index (Phi) is 7.54. The molecule has 0 aliphatic carbocycles. The van der Waals surface area contributed by atoms with E-state index in [0.29, 0.717) is 10.7 Å². The fraction of sp³-hybridized carbons (Fsp3) is 0.647. The Hall–Kier alpha value is -1.96. The Morgan fingerprint density at radius 1 is 1.28 bits per heavy atom. The Morgan fingerprint density at radius 2 is 1.92 bits per heavy atom. The molecule has 1 N–H and O–H groups in total. The molecule has 0 aliphatic heterocycles. The van der Waals surface area contributed by atoms with E-state index in [2.05, 4.69) is 10.3 Å². The van der Waals surface area contributed by atoms with Gasteiger partial charge in [0, 0.05) is 24.8 Å². The highest BCUT2D eigenvalue weighted by Crippen LogP contribution is 2.17. The smallest absolute Gasteiger partial charge is 0.407 e. The molecule has 0 spiro atoms. The van der Waals surface area contributed by atoms with Crippen LogP contribution >= 0.6 is 11.3 Å². The van der Waals surface area contributed by atoms with E-state index in [-0.39, 0.29) is 30.8 Å². The van der Waals surface area contributed by atoms with Gasteiger partial charge in [0.2, 0.25) is 0 Å². The molecular formula is C17H26N2O5S. The Bertz CT molecular complexity index is 619. The van der Waals surface area contributed by atoms with Crippen LogP contribution in [0.3, 0.4) is 0 Å². The van der Waals surface area contributed by atoms with Gasteiger partial charge < -0.3 is 14.8 Å². The number of ether oxygens (including phenoxy) is 2. The number of carbonyl (C=O) groups excluding carboxylic acids is 3. The third kappa shape index (κ3) is 8.11. The van der Waals surface area contributed by atoms with Gasteiger partial charge in [0.05, 0.1) is 5.69 Å². The normalized spacial score (nSPS) is 12.6. The minimum absolute atomic E-state index is 0.0445. The van der Waals surface area contributed by atoms with Crippen molar-refractivity contribution >= 4 is 29.2 Å². The van der Waals surface area contributed by atoms with Gasteiger partial charge in [-0.3, -0.25) is 9.59 Å². The topological polar surface area (TPSA) is 94.6 Å². The van der Waals surface area contributed by atoms with E-state index in [1.54, 1.807) is 26.2 Å². The zero-order valence-electron chi connectivity index (χ0n) is 15.5. The second-order valence-electron chi connectivity index (χ2n) is 7.05. The number of rotatable bonds is 7. The number of hydrogen-bond acceptors (Lipinski definition) is 7. The van der Waals surface area contributed by atoms with E-state index in [4.69, 9.17) is 9.47 Å². The molecule has 1 aromatic heterocycles. The molecule has 25 heavy (non-hydrogen) atoms. The molecule has 1 atom stereocenters. The number of Topliss-reactive ketones (excluding diaryl/α,β-unsaturated/α-hetero) is 1. The summed E-state index contributed by atoms with van der Waals surface area (Å²) in [5, 5.41) is 4.76. The lowest BCUT2D eigenvalue weighted by molar-refractivity contribution is -0.142. The summed E-state index contributed by atoms with van der Waals surface area (Å²) in [4.78, 5) is 39.4. The highest BCUT2D eigenvalue weighted by atomic mass is 32.1. The van der Waals surface area contributed by atoms with Gasteiger partial charge in [-0.2, -0.15) is 0 Å². The van der Waals surface area contributed by atoms with Crippen LogP contribution in [0, 0.1) is 5.92 Å². The first-order valence-electron chi connectivity index (χ1n) is 8.08. The predicted molar refractivity (Wildman–Crippen MR) is 94.5 cm³/mol. The van der Waals surface area contributed by atoms with Crippen molar-refractivity contribution in [3.05, 3.63) is 16.1 Å². The van der Waals surface area contributed by atoms with Crippen molar-refractivity contribution in [2.24, 2.45) is 5.92 Å². The van der Waals surface area contributed by atoms with Gasteiger partial charge in [0.25, 0.3) is 0 Å². The minimum atomic E-state index is -0.601. The molecule has 1 rings (SSSR count). The van der Waals surface area contributed by atoms with Gasteiger partial charge in [0.15, 0.2) is 10.8 Å². The zero-order valence-corrected chi connectivity index (χ0v) is 16.4. The van der Waals surface area contributed by atoms with Crippen LogP contribution in [-0.2, 0) is 20.9 Å². The number of aromatic nitrogens is 1. The average molecular weight is 370 g/mol. The molecule has 0 bridgehead atoms. The zero-order chi connectivity index (χ0) is 19.2. The van der Waals surface area contributed by atoms with Gasteiger partial charge in [-0.05, 0) is 26.7 Å². The van der Waals surface area contributed by atoms with E-state index < -0.39 is 17.7 Å². The lowest BCUT2D eigenvalue weighted by Crippen LogP contribution is -2.42. The number of hydrogen-bond donors (Lipinski definition) is 1. The van der Waals surface area contributed by atoms with E-state index in [1.165, 1.54) is 18.3 Å². The maximum atomic E-state index is 12.4. The number of alkyl carbamates (subject to hydrolysis) is 1. The second kappa shape index (κ2) is 8.94. The van der Waals surface area contributed by atoms with E-state index in [9.17, 15) is 14.4 Å². The van der Waals surface area contributed by atoms with Crippen molar-refractivity contribution in [2.75, 3.05) is 0 Å². The maximum Gasteiger partial charge on any atom is 0.407 e. The summed E-state index contributed by atoms with van der Waals surface area (Å²) in [6.07, 6.45) is -0.425. The van der Waals surface area contributed by atoms with Crippen LogP contribution in [0.1, 0.15) is 63.5 Å². The molecule has 8 heteroatoms.